The van der Waals surface area contributed by atoms with E-state index in [-0.39, 0.29) is 5.91 Å². The number of rotatable bonds is 1. The first-order valence-corrected chi connectivity index (χ1v) is 5.89. The monoisotopic (exact) mass is 242 g/mol. The lowest BCUT2D eigenvalue weighted by molar-refractivity contribution is -0.113. The van der Waals surface area contributed by atoms with Crippen molar-refractivity contribution in [3.8, 4) is 11.8 Å². The number of nitrogens with zero attached hydrogens (tertiary/aromatic N) is 2. The molecule has 1 aromatic carbocycles. The highest BCUT2D eigenvalue weighted by Crippen LogP contribution is 2.15. The molecule has 0 aliphatic heterocycles. The van der Waals surface area contributed by atoms with Gasteiger partial charge in [0, 0.05) is 30.1 Å². The van der Waals surface area contributed by atoms with Gasteiger partial charge in [-0.3, -0.25) is 9.69 Å². The molecule has 2 aromatic rings. The van der Waals surface area contributed by atoms with E-state index in [1.54, 1.807) is 13.2 Å². The molecular formula is C13H10N2OS. The highest BCUT2D eigenvalue weighted by molar-refractivity contribution is 7.13. The molecule has 84 valence electrons. The Morgan fingerprint density at radius 1 is 1.35 bits per heavy atom. The van der Waals surface area contributed by atoms with Crippen LogP contribution in [0.3, 0.4) is 0 Å². The van der Waals surface area contributed by atoms with E-state index in [1.807, 2.05) is 35.7 Å². The van der Waals surface area contributed by atoms with E-state index in [4.69, 9.17) is 0 Å². The molecule has 4 heteroatoms. The first-order valence-electron chi connectivity index (χ1n) is 5.01. The second kappa shape index (κ2) is 5.28. The second-order valence-corrected chi connectivity index (χ2v) is 4.17. The zero-order valence-electron chi connectivity index (χ0n) is 9.25. The van der Waals surface area contributed by atoms with Crippen LogP contribution in [0.4, 0.5) is 5.13 Å². The molecule has 3 nitrogen and oxygen atoms in total. The van der Waals surface area contributed by atoms with Crippen molar-refractivity contribution in [2.24, 2.45) is 0 Å². The topological polar surface area (TPSA) is 33.2 Å². The van der Waals surface area contributed by atoms with Gasteiger partial charge >= 0.3 is 5.91 Å². The Balaban J connectivity index is 2.10. The molecule has 0 spiro atoms. The maximum atomic E-state index is 11.7. The Morgan fingerprint density at radius 3 is 2.76 bits per heavy atom. The van der Waals surface area contributed by atoms with Gasteiger partial charge in [0.1, 0.15) is 0 Å². The average molecular weight is 242 g/mol. The van der Waals surface area contributed by atoms with Gasteiger partial charge < -0.3 is 0 Å². The summed E-state index contributed by atoms with van der Waals surface area (Å²) >= 11 is 1.41. The van der Waals surface area contributed by atoms with Crippen molar-refractivity contribution in [1.82, 2.24) is 4.98 Å². The Labute approximate surface area is 104 Å². The number of hydrogen-bond donors (Lipinski definition) is 0. The summed E-state index contributed by atoms with van der Waals surface area (Å²) in [6.07, 6.45) is 1.66. The molecule has 0 N–H and O–H groups in total. The minimum atomic E-state index is -0.260. The van der Waals surface area contributed by atoms with E-state index >= 15 is 0 Å². The fraction of sp³-hybridized carbons (Fsp3) is 0.0769. The zero-order chi connectivity index (χ0) is 12.1. The number of benzene rings is 1. The minimum Gasteiger partial charge on any atom is -0.280 e. The summed E-state index contributed by atoms with van der Waals surface area (Å²) in [5.74, 6) is 5.15. The maximum absolute atomic E-state index is 11.7. The van der Waals surface area contributed by atoms with E-state index < -0.39 is 0 Å². The summed E-state index contributed by atoms with van der Waals surface area (Å²) in [5.41, 5.74) is 0.827. The fourth-order valence-corrected chi connectivity index (χ4v) is 1.81. The van der Waals surface area contributed by atoms with Crippen LogP contribution < -0.4 is 4.90 Å². The first-order chi connectivity index (χ1) is 8.27. The highest BCUT2D eigenvalue weighted by Gasteiger charge is 2.09. The molecule has 0 saturated heterocycles. The van der Waals surface area contributed by atoms with Crippen molar-refractivity contribution in [1.29, 1.82) is 0 Å². The molecule has 0 aliphatic carbocycles. The number of carbonyl (C=O) groups is 1. The molecule has 0 saturated carbocycles. The largest absolute Gasteiger partial charge is 0.304 e. The lowest BCUT2D eigenvalue weighted by Gasteiger charge is -2.08. The quantitative estimate of drug-likeness (QED) is 0.718. The normalized spacial score (nSPS) is 9.24. The Bertz CT molecular complexity index is 552. The Kier molecular flexibility index (Phi) is 3.53. The summed E-state index contributed by atoms with van der Waals surface area (Å²) in [6, 6.07) is 9.42. The van der Waals surface area contributed by atoms with Crippen molar-refractivity contribution in [2.75, 3.05) is 11.9 Å². The molecule has 1 amide bonds. The Hall–Kier alpha value is -2.12. The molecule has 0 bridgehead atoms. The van der Waals surface area contributed by atoms with E-state index in [1.165, 1.54) is 16.2 Å². The van der Waals surface area contributed by atoms with Crippen molar-refractivity contribution in [3.63, 3.8) is 0 Å². The summed E-state index contributed by atoms with van der Waals surface area (Å²) in [6.45, 7) is 0. The number of anilines is 1. The summed E-state index contributed by atoms with van der Waals surface area (Å²) in [5, 5.41) is 2.47. The number of aromatic nitrogens is 1. The van der Waals surface area contributed by atoms with Crippen molar-refractivity contribution in [3.05, 3.63) is 47.5 Å². The number of thiazole rings is 1. The zero-order valence-corrected chi connectivity index (χ0v) is 10.1. The molecule has 17 heavy (non-hydrogen) atoms. The third-order valence-electron chi connectivity index (χ3n) is 2.10. The molecule has 0 unspecified atom stereocenters. The van der Waals surface area contributed by atoms with Gasteiger partial charge in [0.2, 0.25) is 0 Å². The van der Waals surface area contributed by atoms with Gasteiger partial charge in [0.25, 0.3) is 0 Å². The molecular weight excluding hydrogens is 232 g/mol. The molecule has 2 rings (SSSR count). The van der Waals surface area contributed by atoms with Gasteiger partial charge in [-0.1, -0.05) is 24.1 Å². The van der Waals surface area contributed by atoms with Crippen LogP contribution in [0.15, 0.2) is 41.9 Å². The third kappa shape index (κ3) is 2.92. The van der Waals surface area contributed by atoms with Crippen molar-refractivity contribution < 1.29 is 4.79 Å². The van der Waals surface area contributed by atoms with E-state index in [9.17, 15) is 4.79 Å². The number of hydrogen-bond acceptors (Lipinski definition) is 3. The highest BCUT2D eigenvalue weighted by atomic mass is 32.1. The summed E-state index contributed by atoms with van der Waals surface area (Å²) in [4.78, 5) is 17.2. The van der Waals surface area contributed by atoms with Gasteiger partial charge in [0.15, 0.2) is 5.13 Å². The van der Waals surface area contributed by atoms with E-state index in [2.05, 4.69) is 16.8 Å². The van der Waals surface area contributed by atoms with E-state index in [0.29, 0.717) is 5.13 Å². The minimum absolute atomic E-state index is 0.260. The lowest BCUT2D eigenvalue weighted by atomic mass is 10.2. The smallest absolute Gasteiger partial charge is 0.280 e. The van der Waals surface area contributed by atoms with Crippen molar-refractivity contribution >= 4 is 22.4 Å². The molecule has 1 heterocycles. The third-order valence-corrected chi connectivity index (χ3v) is 2.95. The molecule has 0 fully saturated rings. The van der Waals surface area contributed by atoms with Gasteiger partial charge in [-0.05, 0) is 12.1 Å². The van der Waals surface area contributed by atoms with Crippen LogP contribution in [0.2, 0.25) is 0 Å². The summed E-state index contributed by atoms with van der Waals surface area (Å²) in [7, 11) is 1.67. The second-order valence-electron chi connectivity index (χ2n) is 3.29. The van der Waals surface area contributed by atoms with Gasteiger partial charge in [-0.25, -0.2) is 4.98 Å². The van der Waals surface area contributed by atoms with Crippen LogP contribution in [-0.4, -0.2) is 17.9 Å². The molecule has 0 radical (unpaired) electrons. The van der Waals surface area contributed by atoms with Gasteiger partial charge in [0.05, 0.1) is 0 Å². The molecule has 1 aromatic heterocycles. The van der Waals surface area contributed by atoms with Crippen LogP contribution in [-0.2, 0) is 4.79 Å². The van der Waals surface area contributed by atoms with Crippen LogP contribution in [0.25, 0.3) is 0 Å². The average Bonchev–Trinajstić information content (AvgIpc) is 2.90. The summed E-state index contributed by atoms with van der Waals surface area (Å²) < 4.78 is 0. The van der Waals surface area contributed by atoms with Crippen LogP contribution >= 0.6 is 11.3 Å². The molecule has 0 aliphatic rings. The van der Waals surface area contributed by atoms with Crippen LogP contribution in [0.5, 0.6) is 0 Å². The Morgan fingerprint density at radius 2 is 2.12 bits per heavy atom. The van der Waals surface area contributed by atoms with Crippen LogP contribution in [0.1, 0.15) is 5.56 Å². The SMILES string of the molecule is CN(C(=O)C#Cc1ccccc1)c1nccs1. The number of carbonyl (C=O) groups excluding carboxylic acids is 1. The van der Waals surface area contributed by atoms with Gasteiger partial charge in [-0.2, -0.15) is 0 Å². The van der Waals surface area contributed by atoms with Gasteiger partial charge in [-0.15, -0.1) is 11.3 Å². The fourth-order valence-electron chi connectivity index (χ4n) is 1.20. The lowest BCUT2D eigenvalue weighted by Crippen LogP contribution is -2.24. The van der Waals surface area contributed by atoms with E-state index in [0.717, 1.165) is 5.56 Å². The molecule has 0 atom stereocenters. The number of amides is 1. The standard InChI is InChI=1S/C13H10N2OS/c1-15(13-14-9-10-17-13)12(16)8-7-11-5-3-2-4-6-11/h2-6,9-10H,1H3. The predicted molar refractivity (Wildman–Crippen MR) is 68.8 cm³/mol. The van der Waals surface area contributed by atoms with Crippen molar-refractivity contribution in [2.45, 2.75) is 0 Å². The predicted octanol–water partition coefficient (Wildman–Crippen LogP) is 2.16. The van der Waals surface area contributed by atoms with Crippen LogP contribution in [0, 0.1) is 11.8 Å². The first kappa shape index (κ1) is 11.4. The maximum Gasteiger partial charge on any atom is 0.304 e.